The Hall–Kier alpha value is -1.88. The van der Waals surface area contributed by atoms with Crippen LogP contribution in [0.25, 0.3) is 0 Å². The quantitative estimate of drug-likeness (QED) is 0.942. The van der Waals surface area contributed by atoms with Crippen LogP contribution in [0.4, 0.5) is 0 Å². The Morgan fingerprint density at radius 2 is 2.05 bits per heavy atom. The van der Waals surface area contributed by atoms with Crippen LogP contribution in [0.3, 0.4) is 0 Å². The summed E-state index contributed by atoms with van der Waals surface area (Å²) in [5.41, 5.74) is 1.45. The summed E-state index contributed by atoms with van der Waals surface area (Å²) in [5.74, 6) is 2.74. The highest BCUT2D eigenvalue weighted by Gasteiger charge is 2.22. The van der Waals surface area contributed by atoms with Crippen molar-refractivity contribution in [1.29, 1.82) is 0 Å². The molecule has 118 valence electrons. The Morgan fingerprint density at radius 1 is 1.27 bits per heavy atom. The smallest absolute Gasteiger partial charge is 0.162 e. The number of benzene rings is 1. The van der Waals surface area contributed by atoms with Crippen LogP contribution in [-0.2, 0) is 16.8 Å². The molecule has 0 bridgehead atoms. The first-order valence-corrected chi connectivity index (χ1v) is 7.74. The minimum atomic E-state index is 0.154. The Balaban J connectivity index is 1.58. The zero-order chi connectivity index (χ0) is 15.6. The fourth-order valence-electron chi connectivity index (χ4n) is 2.50. The van der Waals surface area contributed by atoms with Gasteiger partial charge in [0.25, 0.3) is 0 Å². The minimum absolute atomic E-state index is 0.154. The van der Waals surface area contributed by atoms with Crippen LogP contribution in [0, 0.1) is 0 Å². The van der Waals surface area contributed by atoms with Gasteiger partial charge in [0.1, 0.15) is 12.4 Å². The first-order valence-electron chi connectivity index (χ1n) is 7.74. The van der Waals surface area contributed by atoms with E-state index in [0.29, 0.717) is 19.1 Å². The van der Waals surface area contributed by atoms with Crippen molar-refractivity contribution in [1.82, 2.24) is 15.2 Å². The molecule has 0 spiro atoms. The molecule has 1 N–H and O–H groups in total. The molecule has 0 aliphatic carbocycles. The van der Waals surface area contributed by atoms with Crippen molar-refractivity contribution in [2.45, 2.75) is 45.1 Å². The van der Waals surface area contributed by atoms with E-state index in [1.165, 1.54) is 5.56 Å². The van der Waals surface area contributed by atoms with Crippen LogP contribution < -0.4 is 4.74 Å². The fraction of sp³-hybridized carbons (Fsp3) is 0.529. The van der Waals surface area contributed by atoms with Gasteiger partial charge in [-0.2, -0.15) is 5.10 Å². The van der Waals surface area contributed by atoms with E-state index in [1.807, 2.05) is 12.1 Å². The number of H-pyrrole nitrogens is 1. The molecule has 22 heavy (non-hydrogen) atoms. The molecule has 2 aromatic rings. The summed E-state index contributed by atoms with van der Waals surface area (Å²) in [6.07, 6.45) is 0.992. The van der Waals surface area contributed by atoms with Crippen LogP contribution in [-0.4, -0.2) is 28.4 Å². The third-order valence-corrected chi connectivity index (χ3v) is 3.94. The van der Waals surface area contributed by atoms with Gasteiger partial charge in [0, 0.05) is 12.5 Å². The van der Waals surface area contributed by atoms with Gasteiger partial charge in [-0.15, -0.1) is 0 Å². The molecule has 0 amide bonds. The van der Waals surface area contributed by atoms with Gasteiger partial charge in [0.15, 0.2) is 11.6 Å². The SMILES string of the molecule is CC(C)(C)c1ccc(OCc2nc(C3CCOC3)n[nH]2)cc1. The third-order valence-electron chi connectivity index (χ3n) is 3.94. The van der Waals surface area contributed by atoms with Crippen molar-refractivity contribution < 1.29 is 9.47 Å². The van der Waals surface area contributed by atoms with Crippen molar-refractivity contribution in [2.75, 3.05) is 13.2 Å². The molecule has 1 atom stereocenters. The Morgan fingerprint density at radius 3 is 2.68 bits per heavy atom. The van der Waals surface area contributed by atoms with Crippen LogP contribution in [0.2, 0.25) is 0 Å². The van der Waals surface area contributed by atoms with E-state index in [4.69, 9.17) is 9.47 Å². The van der Waals surface area contributed by atoms with Crippen LogP contribution in [0.1, 0.15) is 50.3 Å². The first kappa shape index (κ1) is 15.0. The van der Waals surface area contributed by atoms with Gasteiger partial charge >= 0.3 is 0 Å². The Kier molecular flexibility index (Phi) is 4.16. The van der Waals surface area contributed by atoms with Gasteiger partial charge in [-0.1, -0.05) is 32.9 Å². The summed E-state index contributed by atoms with van der Waals surface area (Å²) in [7, 11) is 0. The number of rotatable bonds is 4. The minimum Gasteiger partial charge on any atom is -0.486 e. The summed E-state index contributed by atoms with van der Waals surface area (Å²) in [6.45, 7) is 8.51. The second-order valence-corrected chi connectivity index (χ2v) is 6.76. The van der Waals surface area contributed by atoms with E-state index in [2.05, 4.69) is 48.1 Å². The average molecular weight is 301 g/mol. The number of aromatic amines is 1. The van der Waals surface area contributed by atoms with E-state index in [1.54, 1.807) is 0 Å². The second-order valence-electron chi connectivity index (χ2n) is 6.76. The monoisotopic (exact) mass is 301 g/mol. The van der Waals surface area contributed by atoms with E-state index in [-0.39, 0.29) is 5.41 Å². The highest BCUT2D eigenvalue weighted by atomic mass is 16.5. The lowest BCUT2D eigenvalue weighted by Crippen LogP contribution is -2.10. The number of ether oxygens (including phenoxy) is 2. The summed E-state index contributed by atoms with van der Waals surface area (Å²) in [6, 6.07) is 8.22. The molecule has 1 aliphatic heterocycles. The molecule has 5 nitrogen and oxygen atoms in total. The molecule has 0 radical (unpaired) electrons. The van der Waals surface area contributed by atoms with Crippen LogP contribution >= 0.6 is 0 Å². The van der Waals surface area contributed by atoms with Crippen molar-refractivity contribution in [3.63, 3.8) is 0 Å². The summed E-state index contributed by atoms with van der Waals surface area (Å²) < 4.78 is 11.1. The third kappa shape index (κ3) is 3.47. The highest BCUT2D eigenvalue weighted by molar-refractivity contribution is 5.31. The van der Waals surface area contributed by atoms with Crippen molar-refractivity contribution >= 4 is 0 Å². The number of hydrogen-bond donors (Lipinski definition) is 1. The van der Waals surface area contributed by atoms with Gasteiger partial charge in [0.05, 0.1) is 6.61 Å². The molecule has 1 aromatic carbocycles. The fourth-order valence-corrected chi connectivity index (χ4v) is 2.50. The van der Waals surface area contributed by atoms with Gasteiger partial charge < -0.3 is 9.47 Å². The Labute approximate surface area is 131 Å². The lowest BCUT2D eigenvalue weighted by atomic mass is 9.87. The Bertz CT molecular complexity index is 608. The lowest BCUT2D eigenvalue weighted by molar-refractivity contribution is 0.193. The van der Waals surface area contributed by atoms with Crippen molar-refractivity contribution in [3.05, 3.63) is 41.5 Å². The van der Waals surface area contributed by atoms with E-state index in [9.17, 15) is 0 Å². The summed E-state index contributed by atoms with van der Waals surface area (Å²) in [4.78, 5) is 4.49. The normalized spacial score (nSPS) is 18.6. The number of nitrogens with one attached hydrogen (secondary N) is 1. The van der Waals surface area contributed by atoms with E-state index >= 15 is 0 Å². The maximum atomic E-state index is 5.77. The summed E-state index contributed by atoms with van der Waals surface area (Å²) >= 11 is 0. The number of aromatic nitrogens is 3. The molecule has 5 heteroatoms. The lowest BCUT2D eigenvalue weighted by Gasteiger charge is -2.19. The van der Waals surface area contributed by atoms with E-state index in [0.717, 1.165) is 30.4 Å². The molecule has 0 saturated carbocycles. The van der Waals surface area contributed by atoms with Crippen molar-refractivity contribution in [2.24, 2.45) is 0 Å². The molecular formula is C17H23N3O2. The van der Waals surface area contributed by atoms with E-state index < -0.39 is 0 Å². The van der Waals surface area contributed by atoms with Gasteiger partial charge in [-0.3, -0.25) is 5.10 Å². The first-order chi connectivity index (χ1) is 10.5. The predicted octanol–water partition coefficient (Wildman–Crippen LogP) is 3.19. The predicted molar refractivity (Wildman–Crippen MR) is 84.0 cm³/mol. The van der Waals surface area contributed by atoms with Gasteiger partial charge in [-0.05, 0) is 29.5 Å². The molecule has 1 aromatic heterocycles. The molecule has 1 aliphatic rings. The molecule has 3 rings (SSSR count). The number of hydrogen-bond acceptors (Lipinski definition) is 4. The van der Waals surface area contributed by atoms with Gasteiger partial charge in [0.2, 0.25) is 0 Å². The van der Waals surface area contributed by atoms with Crippen LogP contribution in [0.15, 0.2) is 24.3 Å². The summed E-state index contributed by atoms with van der Waals surface area (Å²) in [5, 5.41) is 7.21. The second kappa shape index (κ2) is 6.08. The van der Waals surface area contributed by atoms with Crippen LogP contribution in [0.5, 0.6) is 5.75 Å². The largest absolute Gasteiger partial charge is 0.486 e. The molecule has 1 saturated heterocycles. The standard InChI is InChI=1S/C17H23N3O2/c1-17(2,3)13-4-6-14(7-5-13)22-11-15-18-16(20-19-15)12-8-9-21-10-12/h4-7,12H,8-11H2,1-3H3,(H,18,19,20). The zero-order valence-electron chi connectivity index (χ0n) is 13.4. The number of nitrogens with zero attached hydrogens (tertiary/aromatic N) is 2. The molecule has 1 unspecified atom stereocenters. The van der Waals surface area contributed by atoms with Crippen molar-refractivity contribution in [3.8, 4) is 5.75 Å². The highest BCUT2D eigenvalue weighted by Crippen LogP contribution is 2.25. The maximum Gasteiger partial charge on any atom is 0.162 e. The zero-order valence-corrected chi connectivity index (χ0v) is 13.4. The molecule has 2 heterocycles. The van der Waals surface area contributed by atoms with Gasteiger partial charge in [-0.25, -0.2) is 4.98 Å². The molecule has 1 fully saturated rings. The average Bonchev–Trinajstić information content (AvgIpc) is 3.15. The molecular weight excluding hydrogens is 278 g/mol. The maximum absolute atomic E-state index is 5.77. The topological polar surface area (TPSA) is 60.0 Å².